The highest BCUT2D eigenvalue weighted by Crippen LogP contribution is 2.35. The van der Waals surface area contributed by atoms with E-state index in [-0.39, 0.29) is 24.0 Å². The van der Waals surface area contributed by atoms with Crippen LogP contribution in [-0.4, -0.2) is 40.8 Å². The number of ether oxygens (including phenoxy) is 1. The molecule has 2 aliphatic carbocycles. The third kappa shape index (κ3) is 3.71. The second kappa shape index (κ2) is 6.83. The summed E-state index contributed by atoms with van der Waals surface area (Å²) >= 11 is 0. The number of rotatable bonds is 3. The number of esters is 1. The fraction of sp³-hybridized carbons (Fsp3) is 0.579. The van der Waals surface area contributed by atoms with Crippen molar-refractivity contribution < 1.29 is 19.4 Å². The minimum atomic E-state index is -0.840. The molecule has 0 radical (unpaired) electrons. The maximum Gasteiger partial charge on any atom is 0.407 e. The standard InChI is InChI=1S/C19H25NO4/c1-12-4-3-5-14(11-20(19(22)23)15-7-8-15)6-9-16-13(2)18(21)24-17(16)10-12/h5,10,15-17H,2-4,6-9,11H2,1H3,(H,22,23)/b12-10+,14-5-/t16-,17-/m1/s1. The van der Waals surface area contributed by atoms with E-state index in [0.29, 0.717) is 12.1 Å². The van der Waals surface area contributed by atoms with Crippen LogP contribution in [0, 0.1) is 5.92 Å². The second-order valence-electron chi connectivity index (χ2n) is 7.10. The van der Waals surface area contributed by atoms with Gasteiger partial charge < -0.3 is 14.7 Å². The van der Waals surface area contributed by atoms with Crippen molar-refractivity contribution in [3.63, 3.8) is 0 Å². The molecule has 3 aliphatic rings. The first-order valence-electron chi connectivity index (χ1n) is 8.70. The van der Waals surface area contributed by atoms with Gasteiger partial charge in [0, 0.05) is 24.1 Å². The smallest absolute Gasteiger partial charge is 0.407 e. The van der Waals surface area contributed by atoms with Crippen molar-refractivity contribution in [1.29, 1.82) is 0 Å². The van der Waals surface area contributed by atoms with Gasteiger partial charge in [0.2, 0.25) is 0 Å². The van der Waals surface area contributed by atoms with Crippen LogP contribution in [0.2, 0.25) is 0 Å². The van der Waals surface area contributed by atoms with Gasteiger partial charge in [-0.1, -0.05) is 23.8 Å². The molecule has 0 unspecified atom stereocenters. The van der Waals surface area contributed by atoms with Crippen LogP contribution in [0.25, 0.3) is 0 Å². The molecular formula is C19H25NO4. The molecule has 24 heavy (non-hydrogen) atoms. The Labute approximate surface area is 142 Å². The van der Waals surface area contributed by atoms with E-state index in [0.717, 1.165) is 44.1 Å². The van der Waals surface area contributed by atoms with Crippen molar-refractivity contribution in [3.8, 4) is 0 Å². The Hall–Kier alpha value is -2.04. The van der Waals surface area contributed by atoms with E-state index in [4.69, 9.17) is 4.74 Å². The molecule has 130 valence electrons. The van der Waals surface area contributed by atoms with E-state index in [1.807, 2.05) is 6.08 Å². The number of hydrogen-bond acceptors (Lipinski definition) is 3. The number of carbonyl (C=O) groups is 2. The van der Waals surface area contributed by atoms with Gasteiger partial charge in [-0.2, -0.15) is 0 Å². The van der Waals surface area contributed by atoms with E-state index in [9.17, 15) is 14.7 Å². The van der Waals surface area contributed by atoms with Crippen LogP contribution in [0.1, 0.15) is 45.4 Å². The number of carbonyl (C=O) groups excluding carboxylic acids is 1. The van der Waals surface area contributed by atoms with Gasteiger partial charge in [-0.15, -0.1) is 0 Å². The van der Waals surface area contributed by atoms with Crippen molar-refractivity contribution in [2.24, 2.45) is 5.92 Å². The molecule has 0 aromatic carbocycles. The van der Waals surface area contributed by atoms with Gasteiger partial charge in [0.1, 0.15) is 6.10 Å². The minimum Gasteiger partial charge on any atom is -0.465 e. The maximum atomic E-state index is 11.8. The predicted molar refractivity (Wildman–Crippen MR) is 90.6 cm³/mol. The molecule has 5 heteroatoms. The Morgan fingerprint density at radius 2 is 2.12 bits per heavy atom. The summed E-state index contributed by atoms with van der Waals surface area (Å²) in [5.41, 5.74) is 2.88. The van der Waals surface area contributed by atoms with E-state index >= 15 is 0 Å². The van der Waals surface area contributed by atoms with Gasteiger partial charge >= 0.3 is 12.1 Å². The van der Waals surface area contributed by atoms with Gasteiger partial charge in [-0.05, 0) is 51.5 Å². The highest BCUT2D eigenvalue weighted by Gasteiger charge is 2.38. The van der Waals surface area contributed by atoms with Crippen molar-refractivity contribution in [2.45, 2.75) is 57.6 Å². The van der Waals surface area contributed by atoms with Gasteiger partial charge in [-0.3, -0.25) is 0 Å². The maximum absolute atomic E-state index is 11.8. The quantitative estimate of drug-likeness (QED) is 0.487. The highest BCUT2D eigenvalue weighted by molar-refractivity contribution is 5.91. The monoisotopic (exact) mass is 331 g/mol. The molecule has 1 amide bonds. The molecule has 3 rings (SSSR count). The average Bonchev–Trinajstić information content (AvgIpc) is 3.31. The fourth-order valence-electron chi connectivity index (χ4n) is 3.53. The number of fused-ring (bicyclic) bond motifs is 1. The molecule has 1 aliphatic heterocycles. The lowest BCUT2D eigenvalue weighted by molar-refractivity contribution is -0.137. The number of carboxylic acid groups (broad SMARTS) is 1. The second-order valence-corrected chi connectivity index (χ2v) is 7.10. The van der Waals surface area contributed by atoms with Crippen LogP contribution < -0.4 is 0 Å². The van der Waals surface area contributed by atoms with Gasteiger partial charge in [0.25, 0.3) is 0 Å². The first-order chi connectivity index (χ1) is 11.5. The summed E-state index contributed by atoms with van der Waals surface area (Å²) in [6.45, 7) is 6.42. The lowest BCUT2D eigenvalue weighted by Gasteiger charge is -2.23. The minimum absolute atomic E-state index is 0.00634. The van der Waals surface area contributed by atoms with Crippen LogP contribution in [0.3, 0.4) is 0 Å². The fourth-order valence-corrected chi connectivity index (χ4v) is 3.53. The summed E-state index contributed by atoms with van der Waals surface area (Å²) in [5.74, 6) is -0.308. The van der Waals surface area contributed by atoms with Gasteiger partial charge in [0.15, 0.2) is 0 Å². The molecular weight excluding hydrogens is 306 g/mol. The van der Waals surface area contributed by atoms with Crippen LogP contribution >= 0.6 is 0 Å². The van der Waals surface area contributed by atoms with Crippen molar-refractivity contribution in [1.82, 2.24) is 4.90 Å². The van der Waals surface area contributed by atoms with Gasteiger partial charge in [-0.25, -0.2) is 9.59 Å². The molecule has 2 fully saturated rings. The largest absolute Gasteiger partial charge is 0.465 e. The average molecular weight is 331 g/mol. The molecule has 1 N–H and O–H groups in total. The summed E-state index contributed by atoms with van der Waals surface area (Å²) in [6, 6.07) is 0.180. The summed E-state index contributed by atoms with van der Waals surface area (Å²) < 4.78 is 5.44. The van der Waals surface area contributed by atoms with Crippen molar-refractivity contribution in [2.75, 3.05) is 6.54 Å². The Kier molecular flexibility index (Phi) is 4.78. The molecule has 1 saturated carbocycles. The zero-order valence-electron chi connectivity index (χ0n) is 14.2. The Morgan fingerprint density at radius 3 is 2.79 bits per heavy atom. The van der Waals surface area contributed by atoms with Crippen LogP contribution in [0.5, 0.6) is 0 Å². The molecule has 1 saturated heterocycles. The SMILES string of the molecule is C=C1C(=O)O[C@@H]2/C=C(\C)CC/C=C(\CN(C(=O)O)C3CC3)CC[C@H]12. The van der Waals surface area contributed by atoms with E-state index in [1.54, 1.807) is 4.90 Å². The van der Waals surface area contributed by atoms with E-state index in [2.05, 4.69) is 19.6 Å². The number of amides is 1. The summed E-state index contributed by atoms with van der Waals surface area (Å²) in [7, 11) is 0. The molecule has 0 aromatic heterocycles. The first kappa shape index (κ1) is 16.8. The Balaban J connectivity index is 1.75. The normalized spacial score (nSPS) is 32.0. The number of allylic oxidation sites excluding steroid dienone is 2. The third-order valence-electron chi connectivity index (χ3n) is 5.15. The zero-order chi connectivity index (χ0) is 17.3. The lowest BCUT2D eigenvalue weighted by Crippen LogP contribution is -2.33. The topological polar surface area (TPSA) is 66.8 Å². The van der Waals surface area contributed by atoms with Crippen molar-refractivity contribution >= 4 is 12.1 Å². The lowest BCUT2D eigenvalue weighted by atomic mass is 9.87. The first-order valence-corrected chi connectivity index (χ1v) is 8.70. The zero-order valence-corrected chi connectivity index (χ0v) is 14.2. The summed E-state index contributed by atoms with van der Waals surface area (Å²) in [6.07, 6.45) is 8.43. The molecule has 0 spiro atoms. The molecule has 0 aromatic rings. The predicted octanol–water partition coefficient (Wildman–Crippen LogP) is 3.67. The molecule has 1 heterocycles. The van der Waals surface area contributed by atoms with E-state index in [1.165, 1.54) is 5.57 Å². The van der Waals surface area contributed by atoms with Crippen LogP contribution in [0.15, 0.2) is 35.5 Å². The van der Waals surface area contributed by atoms with Crippen LogP contribution in [0.4, 0.5) is 4.79 Å². The van der Waals surface area contributed by atoms with Crippen molar-refractivity contribution in [3.05, 3.63) is 35.5 Å². The highest BCUT2D eigenvalue weighted by atomic mass is 16.5. The van der Waals surface area contributed by atoms with Crippen LogP contribution in [-0.2, 0) is 9.53 Å². The molecule has 2 atom stereocenters. The van der Waals surface area contributed by atoms with Gasteiger partial charge in [0.05, 0.1) is 0 Å². The third-order valence-corrected chi connectivity index (χ3v) is 5.15. The number of nitrogens with zero attached hydrogens (tertiary/aromatic N) is 1. The molecule has 0 bridgehead atoms. The Bertz CT molecular complexity index is 615. The van der Waals surface area contributed by atoms with E-state index < -0.39 is 6.09 Å². The summed E-state index contributed by atoms with van der Waals surface area (Å²) in [5, 5.41) is 9.42. The summed E-state index contributed by atoms with van der Waals surface area (Å²) in [4.78, 5) is 24.9. The number of hydrogen-bond donors (Lipinski definition) is 1. The molecule has 5 nitrogen and oxygen atoms in total. The Morgan fingerprint density at radius 1 is 1.38 bits per heavy atom.